The fourth-order valence-corrected chi connectivity index (χ4v) is 3.10. The van der Waals surface area contributed by atoms with Crippen LogP contribution in [0.5, 0.6) is 0 Å². The van der Waals surface area contributed by atoms with E-state index in [2.05, 4.69) is 12.2 Å². The van der Waals surface area contributed by atoms with Gasteiger partial charge in [0.05, 0.1) is 16.1 Å². The number of carbonyl (C=O) groups is 1. The number of nitrogens with one attached hydrogen (secondary N) is 1. The van der Waals surface area contributed by atoms with E-state index < -0.39 is 17.3 Å². The highest BCUT2D eigenvalue weighted by Gasteiger charge is 2.38. The SMILES string of the molecule is CC1CCCCC1(CN)NC(=O)c1cccc(Cl)c1F. The summed E-state index contributed by atoms with van der Waals surface area (Å²) in [5.74, 6) is -0.834. The van der Waals surface area contributed by atoms with E-state index in [0.717, 1.165) is 25.7 Å². The Morgan fingerprint density at radius 3 is 2.95 bits per heavy atom. The number of benzene rings is 1. The number of nitrogens with two attached hydrogens (primary N) is 1. The van der Waals surface area contributed by atoms with Crippen LogP contribution in [0.1, 0.15) is 43.0 Å². The molecule has 1 fully saturated rings. The minimum Gasteiger partial charge on any atom is -0.345 e. The standard InChI is InChI=1S/C15H20ClFN2O/c1-10-5-2-3-8-15(10,9-18)19-14(20)11-6-4-7-12(16)13(11)17/h4,6-7,10H,2-3,5,8-9,18H2,1H3,(H,19,20). The quantitative estimate of drug-likeness (QED) is 0.901. The third-order valence-corrected chi connectivity index (χ3v) is 4.67. The van der Waals surface area contributed by atoms with E-state index in [1.807, 2.05) is 0 Å². The van der Waals surface area contributed by atoms with Crippen LogP contribution in [-0.4, -0.2) is 18.0 Å². The summed E-state index contributed by atoms with van der Waals surface area (Å²) in [7, 11) is 0. The lowest BCUT2D eigenvalue weighted by Gasteiger charge is -2.42. The molecule has 0 saturated heterocycles. The van der Waals surface area contributed by atoms with Gasteiger partial charge in [-0.25, -0.2) is 4.39 Å². The summed E-state index contributed by atoms with van der Waals surface area (Å²) >= 11 is 5.72. The van der Waals surface area contributed by atoms with Gasteiger partial charge in [0.25, 0.3) is 5.91 Å². The van der Waals surface area contributed by atoms with Crippen molar-refractivity contribution in [2.75, 3.05) is 6.54 Å². The second kappa shape index (κ2) is 6.10. The molecule has 20 heavy (non-hydrogen) atoms. The van der Waals surface area contributed by atoms with Crippen LogP contribution in [0.4, 0.5) is 4.39 Å². The number of amides is 1. The smallest absolute Gasteiger partial charge is 0.254 e. The highest BCUT2D eigenvalue weighted by Crippen LogP contribution is 2.33. The van der Waals surface area contributed by atoms with Gasteiger partial charge in [-0.3, -0.25) is 4.79 Å². The van der Waals surface area contributed by atoms with Gasteiger partial charge >= 0.3 is 0 Å². The average molecular weight is 299 g/mol. The zero-order valence-electron chi connectivity index (χ0n) is 11.6. The molecule has 1 aliphatic carbocycles. The largest absolute Gasteiger partial charge is 0.345 e. The summed E-state index contributed by atoms with van der Waals surface area (Å²) in [5.41, 5.74) is 5.42. The summed E-state index contributed by atoms with van der Waals surface area (Å²) in [6, 6.07) is 4.43. The summed E-state index contributed by atoms with van der Waals surface area (Å²) in [6.45, 7) is 2.45. The first-order chi connectivity index (χ1) is 9.50. The molecule has 2 unspecified atom stereocenters. The van der Waals surface area contributed by atoms with Crippen molar-refractivity contribution in [3.63, 3.8) is 0 Å². The number of carbonyl (C=O) groups excluding carboxylic acids is 1. The van der Waals surface area contributed by atoms with Crippen LogP contribution in [-0.2, 0) is 0 Å². The Balaban J connectivity index is 2.23. The Bertz CT molecular complexity index is 509. The molecule has 1 aromatic carbocycles. The Kier molecular flexibility index (Phi) is 4.66. The van der Waals surface area contributed by atoms with Crippen molar-refractivity contribution in [2.24, 2.45) is 11.7 Å². The lowest BCUT2D eigenvalue weighted by atomic mass is 9.73. The van der Waals surface area contributed by atoms with Gasteiger partial charge < -0.3 is 11.1 Å². The van der Waals surface area contributed by atoms with Crippen LogP contribution in [0.15, 0.2) is 18.2 Å². The van der Waals surface area contributed by atoms with E-state index >= 15 is 0 Å². The Labute approximate surface area is 123 Å². The highest BCUT2D eigenvalue weighted by atomic mass is 35.5. The molecule has 110 valence electrons. The van der Waals surface area contributed by atoms with Gasteiger partial charge in [-0.05, 0) is 30.9 Å². The molecule has 1 aromatic rings. The third-order valence-electron chi connectivity index (χ3n) is 4.38. The van der Waals surface area contributed by atoms with Crippen LogP contribution in [0.2, 0.25) is 5.02 Å². The highest BCUT2D eigenvalue weighted by molar-refractivity contribution is 6.31. The fourth-order valence-electron chi connectivity index (χ4n) is 2.93. The lowest BCUT2D eigenvalue weighted by molar-refractivity contribution is 0.0808. The van der Waals surface area contributed by atoms with E-state index in [4.69, 9.17) is 17.3 Å². The maximum absolute atomic E-state index is 13.9. The molecule has 0 radical (unpaired) electrons. The summed E-state index contributed by atoms with van der Waals surface area (Å²) in [4.78, 5) is 12.3. The topological polar surface area (TPSA) is 55.1 Å². The first kappa shape index (κ1) is 15.3. The lowest BCUT2D eigenvalue weighted by Crippen LogP contribution is -2.59. The molecule has 0 aromatic heterocycles. The van der Waals surface area contributed by atoms with E-state index in [9.17, 15) is 9.18 Å². The van der Waals surface area contributed by atoms with Crippen molar-refractivity contribution in [1.29, 1.82) is 0 Å². The summed E-state index contributed by atoms with van der Waals surface area (Å²) < 4.78 is 13.9. The first-order valence-corrected chi connectivity index (χ1v) is 7.34. The molecule has 0 spiro atoms. The van der Waals surface area contributed by atoms with Crippen molar-refractivity contribution < 1.29 is 9.18 Å². The zero-order valence-corrected chi connectivity index (χ0v) is 12.3. The van der Waals surface area contributed by atoms with Gasteiger partial charge in [0.15, 0.2) is 5.82 Å². The Morgan fingerprint density at radius 2 is 2.30 bits per heavy atom. The molecule has 0 heterocycles. The number of halogens is 2. The van der Waals surface area contributed by atoms with Crippen LogP contribution in [0.3, 0.4) is 0 Å². The molecule has 5 heteroatoms. The molecule has 1 aliphatic rings. The third kappa shape index (κ3) is 2.81. The zero-order chi connectivity index (χ0) is 14.8. The summed E-state index contributed by atoms with van der Waals surface area (Å²) in [5, 5.41) is 2.91. The second-order valence-electron chi connectivity index (χ2n) is 5.56. The van der Waals surface area contributed by atoms with Crippen molar-refractivity contribution in [1.82, 2.24) is 5.32 Å². The fraction of sp³-hybridized carbons (Fsp3) is 0.533. The maximum Gasteiger partial charge on any atom is 0.254 e. The molecule has 2 rings (SSSR count). The van der Waals surface area contributed by atoms with Crippen LogP contribution < -0.4 is 11.1 Å². The van der Waals surface area contributed by atoms with Crippen LogP contribution in [0.25, 0.3) is 0 Å². The second-order valence-corrected chi connectivity index (χ2v) is 5.97. The normalized spacial score (nSPS) is 26.3. The molecule has 3 N–H and O–H groups in total. The van der Waals surface area contributed by atoms with Crippen LogP contribution >= 0.6 is 11.6 Å². The number of hydrogen-bond donors (Lipinski definition) is 2. The molecule has 1 amide bonds. The molecule has 3 nitrogen and oxygen atoms in total. The molecular formula is C15H20ClFN2O. The predicted molar refractivity (Wildman–Crippen MR) is 78.3 cm³/mol. The van der Waals surface area contributed by atoms with Gasteiger partial charge in [-0.15, -0.1) is 0 Å². The van der Waals surface area contributed by atoms with Crippen molar-refractivity contribution in [3.8, 4) is 0 Å². The maximum atomic E-state index is 13.9. The number of rotatable bonds is 3. The predicted octanol–water partition coefficient (Wildman–Crippen LogP) is 3.12. The minimum absolute atomic E-state index is 0.0249. The average Bonchev–Trinajstić information content (AvgIpc) is 2.44. The van der Waals surface area contributed by atoms with Gasteiger partial charge in [0.1, 0.15) is 0 Å². The van der Waals surface area contributed by atoms with E-state index in [1.165, 1.54) is 12.1 Å². The molecular weight excluding hydrogens is 279 g/mol. The van der Waals surface area contributed by atoms with Crippen LogP contribution in [0, 0.1) is 11.7 Å². The molecule has 1 saturated carbocycles. The molecule has 0 aliphatic heterocycles. The molecule has 2 atom stereocenters. The van der Waals surface area contributed by atoms with Gasteiger partial charge in [0, 0.05) is 6.54 Å². The molecule has 0 bridgehead atoms. The Hall–Kier alpha value is -1.13. The van der Waals surface area contributed by atoms with Crippen molar-refractivity contribution >= 4 is 17.5 Å². The van der Waals surface area contributed by atoms with Gasteiger partial charge in [-0.2, -0.15) is 0 Å². The van der Waals surface area contributed by atoms with E-state index in [-0.39, 0.29) is 16.5 Å². The van der Waals surface area contributed by atoms with Gasteiger partial charge in [0.2, 0.25) is 0 Å². The van der Waals surface area contributed by atoms with E-state index in [0.29, 0.717) is 6.54 Å². The van der Waals surface area contributed by atoms with E-state index in [1.54, 1.807) is 6.07 Å². The summed E-state index contributed by atoms with van der Waals surface area (Å²) in [6.07, 6.45) is 4.03. The Morgan fingerprint density at radius 1 is 1.55 bits per heavy atom. The van der Waals surface area contributed by atoms with Crippen molar-refractivity contribution in [2.45, 2.75) is 38.1 Å². The minimum atomic E-state index is -0.678. The van der Waals surface area contributed by atoms with Crippen molar-refractivity contribution in [3.05, 3.63) is 34.6 Å². The monoisotopic (exact) mass is 298 g/mol. The van der Waals surface area contributed by atoms with Gasteiger partial charge in [-0.1, -0.05) is 37.4 Å². The first-order valence-electron chi connectivity index (χ1n) is 6.97. The number of hydrogen-bond acceptors (Lipinski definition) is 2.